The van der Waals surface area contributed by atoms with Crippen molar-refractivity contribution < 1.29 is 19.1 Å². The Morgan fingerprint density at radius 3 is 2.87 bits per heavy atom. The van der Waals surface area contributed by atoms with Crippen molar-refractivity contribution in [3.63, 3.8) is 0 Å². The first-order valence-corrected chi connectivity index (χ1v) is 7.71. The summed E-state index contributed by atoms with van der Waals surface area (Å²) in [5, 5.41) is 5.33. The fourth-order valence-corrected chi connectivity index (χ4v) is 2.77. The van der Waals surface area contributed by atoms with E-state index >= 15 is 0 Å². The molecule has 1 aromatic rings. The van der Waals surface area contributed by atoms with E-state index in [-0.39, 0.29) is 31.0 Å². The van der Waals surface area contributed by atoms with Crippen LogP contribution in [0.3, 0.4) is 0 Å². The summed E-state index contributed by atoms with van der Waals surface area (Å²) in [5.74, 6) is -0.507. The number of urea groups is 1. The highest BCUT2D eigenvalue weighted by atomic mass is 16.5. The first kappa shape index (κ1) is 15.5. The van der Waals surface area contributed by atoms with Gasteiger partial charge >= 0.3 is 6.03 Å². The van der Waals surface area contributed by atoms with E-state index < -0.39 is 6.03 Å². The minimum absolute atomic E-state index is 0.00617. The Morgan fingerprint density at radius 1 is 1.35 bits per heavy atom. The predicted octanol–water partition coefficient (Wildman–Crippen LogP) is 0.647. The summed E-state index contributed by atoms with van der Waals surface area (Å²) in [4.78, 5) is 36.8. The maximum Gasteiger partial charge on any atom is 0.324 e. The van der Waals surface area contributed by atoms with Crippen LogP contribution >= 0.6 is 0 Å². The quantitative estimate of drug-likeness (QED) is 0.781. The van der Waals surface area contributed by atoms with Crippen molar-refractivity contribution in [3.8, 4) is 0 Å². The highest BCUT2D eigenvalue weighted by Crippen LogP contribution is 2.15. The average molecular weight is 317 g/mol. The van der Waals surface area contributed by atoms with Gasteiger partial charge in [-0.1, -0.05) is 18.2 Å². The van der Waals surface area contributed by atoms with Gasteiger partial charge in [-0.05, 0) is 24.5 Å². The van der Waals surface area contributed by atoms with Crippen molar-refractivity contribution >= 4 is 17.8 Å². The Bertz CT molecular complexity index is 610. The zero-order chi connectivity index (χ0) is 16.2. The second kappa shape index (κ2) is 6.78. The van der Waals surface area contributed by atoms with Crippen molar-refractivity contribution in [2.24, 2.45) is 0 Å². The summed E-state index contributed by atoms with van der Waals surface area (Å²) in [6.07, 6.45) is 2.03. The molecule has 2 fully saturated rings. The van der Waals surface area contributed by atoms with Crippen LogP contribution in [0.5, 0.6) is 0 Å². The number of hydrogen-bond acceptors (Lipinski definition) is 4. The maximum atomic E-state index is 12.4. The molecule has 2 N–H and O–H groups in total. The van der Waals surface area contributed by atoms with E-state index in [9.17, 15) is 14.4 Å². The molecule has 2 saturated heterocycles. The monoisotopic (exact) mass is 317 g/mol. The fraction of sp³-hybridized carbons (Fsp3) is 0.438. The average Bonchev–Trinajstić information content (AvgIpc) is 3.18. The minimum atomic E-state index is -0.426. The van der Waals surface area contributed by atoms with Gasteiger partial charge < -0.3 is 15.4 Å². The molecule has 2 heterocycles. The van der Waals surface area contributed by atoms with E-state index in [0.29, 0.717) is 17.7 Å². The molecule has 2 aliphatic rings. The molecule has 0 aliphatic carbocycles. The third kappa shape index (κ3) is 3.50. The van der Waals surface area contributed by atoms with Crippen LogP contribution in [0, 0.1) is 0 Å². The number of rotatable bonds is 5. The summed E-state index contributed by atoms with van der Waals surface area (Å²) < 4.78 is 5.48. The summed E-state index contributed by atoms with van der Waals surface area (Å²) in [6.45, 7) is 1.31. The maximum absolute atomic E-state index is 12.4. The standard InChI is InChI=1S/C16H19N3O4/c20-14-9-18-16(22)19(14)10-11-4-1-2-6-13(11)15(21)17-8-12-5-3-7-23-12/h1-2,4,6,12H,3,5,7-10H2,(H,17,21)(H,18,22). The first-order valence-electron chi connectivity index (χ1n) is 7.71. The van der Waals surface area contributed by atoms with Crippen LogP contribution in [0.15, 0.2) is 24.3 Å². The first-order chi connectivity index (χ1) is 11.1. The van der Waals surface area contributed by atoms with Gasteiger partial charge in [0, 0.05) is 18.7 Å². The van der Waals surface area contributed by atoms with E-state index in [2.05, 4.69) is 10.6 Å². The summed E-state index contributed by atoms with van der Waals surface area (Å²) in [5.41, 5.74) is 1.11. The molecule has 3 rings (SSSR count). The van der Waals surface area contributed by atoms with Crippen molar-refractivity contribution in [3.05, 3.63) is 35.4 Å². The zero-order valence-corrected chi connectivity index (χ0v) is 12.7. The minimum Gasteiger partial charge on any atom is -0.376 e. The Labute approximate surface area is 134 Å². The van der Waals surface area contributed by atoms with Gasteiger partial charge in [0.25, 0.3) is 5.91 Å². The molecule has 4 amide bonds. The second-order valence-corrected chi connectivity index (χ2v) is 5.64. The van der Waals surface area contributed by atoms with Gasteiger partial charge in [0.15, 0.2) is 0 Å². The van der Waals surface area contributed by atoms with Crippen molar-refractivity contribution in [1.82, 2.24) is 15.5 Å². The lowest BCUT2D eigenvalue weighted by atomic mass is 10.1. The number of carbonyl (C=O) groups is 3. The highest BCUT2D eigenvalue weighted by molar-refractivity contribution is 6.02. The van der Waals surface area contributed by atoms with Gasteiger partial charge in [0.2, 0.25) is 5.91 Å². The number of amides is 4. The molecule has 2 aliphatic heterocycles. The number of imide groups is 1. The molecule has 0 spiro atoms. The SMILES string of the molecule is O=C(NCC1CCCO1)c1ccccc1CN1C(=O)CNC1=O. The second-order valence-electron chi connectivity index (χ2n) is 5.64. The van der Waals surface area contributed by atoms with Crippen LogP contribution < -0.4 is 10.6 Å². The Hall–Kier alpha value is -2.41. The topological polar surface area (TPSA) is 87.7 Å². The summed E-state index contributed by atoms with van der Waals surface area (Å²) >= 11 is 0. The van der Waals surface area contributed by atoms with Gasteiger partial charge in [-0.15, -0.1) is 0 Å². The van der Waals surface area contributed by atoms with E-state index in [0.717, 1.165) is 24.3 Å². The Morgan fingerprint density at radius 2 is 2.17 bits per heavy atom. The molecule has 1 atom stereocenters. The largest absolute Gasteiger partial charge is 0.376 e. The predicted molar refractivity (Wildman–Crippen MR) is 81.7 cm³/mol. The number of nitrogens with zero attached hydrogens (tertiary/aromatic N) is 1. The van der Waals surface area contributed by atoms with Crippen LogP contribution in [0.1, 0.15) is 28.8 Å². The Kier molecular flexibility index (Phi) is 4.57. The normalized spacial score (nSPS) is 20.7. The van der Waals surface area contributed by atoms with Gasteiger partial charge in [-0.25, -0.2) is 4.79 Å². The molecule has 122 valence electrons. The lowest BCUT2D eigenvalue weighted by Crippen LogP contribution is -2.34. The van der Waals surface area contributed by atoms with Crippen molar-refractivity contribution in [1.29, 1.82) is 0 Å². The summed E-state index contributed by atoms with van der Waals surface area (Å²) in [7, 11) is 0. The zero-order valence-electron chi connectivity index (χ0n) is 12.7. The molecule has 0 bridgehead atoms. The van der Waals surface area contributed by atoms with Gasteiger partial charge in [-0.3, -0.25) is 14.5 Å². The number of nitrogens with one attached hydrogen (secondary N) is 2. The number of ether oxygens (including phenoxy) is 1. The smallest absolute Gasteiger partial charge is 0.324 e. The van der Waals surface area contributed by atoms with E-state index in [4.69, 9.17) is 4.74 Å². The van der Waals surface area contributed by atoms with Gasteiger partial charge in [0.05, 0.1) is 19.2 Å². The van der Waals surface area contributed by atoms with E-state index in [1.54, 1.807) is 24.3 Å². The molecule has 1 aromatic carbocycles. The van der Waals surface area contributed by atoms with Crippen LogP contribution in [-0.2, 0) is 16.1 Å². The third-order valence-electron chi connectivity index (χ3n) is 4.04. The van der Waals surface area contributed by atoms with Gasteiger partial charge in [0.1, 0.15) is 0 Å². The molecule has 1 unspecified atom stereocenters. The van der Waals surface area contributed by atoms with E-state index in [1.165, 1.54) is 0 Å². The highest BCUT2D eigenvalue weighted by Gasteiger charge is 2.29. The lowest BCUT2D eigenvalue weighted by molar-refractivity contribution is -0.125. The van der Waals surface area contributed by atoms with Gasteiger partial charge in [-0.2, -0.15) is 0 Å². The van der Waals surface area contributed by atoms with Crippen molar-refractivity contribution in [2.75, 3.05) is 19.7 Å². The molecule has 7 nitrogen and oxygen atoms in total. The van der Waals surface area contributed by atoms with E-state index in [1.807, 2.05) is 0 Å². The molecule has 0 saturated carbocycles. The van der Waals surface area contributed by atoms with Crippen molar-refractivity contribution in [2.45, 2.75) is 25.5 Å². The number of hydrogen-bond donors (Lipinski definition) is 2. The molecular formula is C16H19N3O4. The molecular weight excluding hydrogens is 298 g/mol. The lowest BCUT2D eigenvalue weighted by Gasteiger charge is -2.16. The molecule has 7 heteroatoms. The molecule has 23 heavy (non-hydrogen) atoms. The van der Waals surface area contributed by atoms with Crippen LogP contribution in [0.2, 0.25) is 0 Å². The van der Waals surface area contributed by atoms with Crippen LogP contribution in [-0.4, -0.2) is 48.5 Å². The molecule has 0 radical (unpaired) electrons. The summed E-state index contributed by atoms with van der Waals surface area (Å²) in [6, 6.07) is 6.56. The molecule has 0 aromatic heterocycles. The van der Waals surface area contributed by atoms with Crippen LogP contribution in [0.25, 0.3) is 0 Å². The van der Waals surface area contributed by atoms with Crippen LogP contribution in [0.4, 0.5) is 4.79 Å². The fourth-order valence-electron chi connectivity index (χ4n) is 2.77. The third-order valence-corrected chi connectivity index (χ3v) is 4.04. The number of benzene rings is 1. The number of carbonyl (C=O) groups excluding carboxylic acids is 3. The Balaban J connectivity index is 1.68.